The fourth-order valence-corrected chi connectivity index (χ4v) is 5.53. The molecule has 1 N–H and O–H groups in total. The Balaban J connectivity index is 1.50. The lowest BCUT2D eigenvalue weighted by atomic mass is 9.82. The number of carboxylic acid groups (broad SMARTS) is 1. The van der Waals surface area contributed by atoms with Gasteiger partial charge in [0.1, 0.15) is 4.88 Å². The van der Waals surface area contributed by atoms with Crippen molar-refractivity contribution in [2.45, 2.75) is 43.7 Å². The summed E-state index contributed by atoms with van der Waals surface area (Å²) in [6.07, 6.45) is 4.31. The number of ether oxygens (including phenoxy) is 1. The minimum Gasteiger partial charge on any atom is -0.477 e. The summed E-state index contributed by atoms with van der Waals surface area (Å²) in [5.41, 5.74) is 0.641. The number of likely N-dealkylation sites (N-methyl/N-ethyl adjacent to an activating group) is 1. The smallest absolute Gasteiger partial charge is 0.345 e. The molecule has 2 fully saturated rings. The maximum atomic E-state index is 12.8. The molecule has 0 radical (unpaired) electrons. The van der Waals surface area contributed by atoms with Gasteiger partial charge in [0, 0.05) is 24.4 Å². The first-order valence-electron chi connectivity index (χ1n) is 9.00. The second-order valence-electron chi connectivity index (χ2n) is 7.31. The molecule has 1 aromatic rings. The molecule has 1 atom stereocenters. The number of fused-ring (bicyclic) bond motifs is 2. The Hall–Kier alpha value is -1.44. The van der Waals surface area contributed by atoms with Crippen molar-refractivity contribution in [3.05, 3.63) is 21.4 Å². The molecule has 1 amide bonds. The largest absolute Gasteiger partial charge is 0.477 e. The van der Waals surface area contributed by atoms with E-state index in [0.29, 0.717) is 24.6 Å². The zero-order valence-electron chi connectivity index (χ0n) is 14.5. The first kappa shape index (κ1) is 17.0. The molecule has 2 saturated heterocycles. The Kier molecular flexibility index (Phi) is 4.33. The molecule has 3 aliphatic rings. The third-order valence-corrected chi connectivity index (χ3v) is 7.09. The van der Waals surface area contributed by atoms with Crippen molar-refractivity contribution in [2.75, 3.05) is 33.3 Å². The SMILES string of the molecule is CN1CCC[C@H]1C(=O)N1CCC2(CC1)OCCc1sc(C(=O)O)cc12. The van der Waals surface area contributed by atoms with Crippen molar-refractivity contribution >= 4 is 23.2 Å². The average molecular weight is 364 g/mol. The highest BCUT2D eigenvalue weighted by Crippen LogP contribution is 2.44. The summed E-state index contributed by atoms with van der Waals surface area (Å²) < 4.78 is 6.17. The number of carbonyl (C=O) groups excluding carboxylic acids is 1. The molecule has 1 spiro atoms. The molecule has 0 bridgehead atoms. The average Bonchev–Trinajstić information content (AvgIpc) is 3.22. The van der Waals surface area contributed by atoms with Crippen LogP contribution in [0.5, 0.6) is 0 Å². The third-order valence-electron chi connectivity index (χ3n) is 5.91. The number of likely N-dealkylation sites (tertiary alicyclic amines) is 2. The Morgan fingerprint density at radius 3 is 2.72 bits per heavy atom. The van der Waals surface area contributed by atoms with Crippen molar-refractivity contribution < 1.29 is 19.4 Å². The Morgan fingerprint density at radius 1 is 1.32 bits per heavy atom. The van der Waals surface area contributed by atoms with E-state index in [4.69, 9.17) is 4.74 Å². The molecule has 136 valence electrons. The molecule has 0 saturated carbocycles. The Bertz CT molecular complexity index is 693. The summed E-state index contributed by atoms with van der Waals surface area (Å²) in [7, 11) is 2.02. The van der Waals surface area contributed by atoms with E-state index in [9.17, 15) is 14.7 Å². The number of piperidine rings is 1. The first-order valence-corrected chi connectivity index (χ1v) is 9.81. The lowest BCUT2D eigenvalue weighted by Gasteiger charge is -2.44. The van der Waals surface area contributed by atoms with E-state index in [0.717, 1.165) is 49.1 Å². The van der Waals surface area contributed by atoms with Crippen LogP contribution in [-0.4, -0.2) is 66.1 Å². The molecule has 1 aromatic heterocycles. The van der Waals surface area contributed by atoms with E-state index in [-0.39, 0.29) is 11.9 Å². The molecule has 25 heavy (non-hydrogen) atoms. The van der Waals surface area contributed by atoms with Gasteiger partial charge in [-0.25, -0.2) is 4.79 Å². The van der Waals surface area contributed by atoms with Gasteiger partial charge < -0.3 is 14.7 Å². The van der Waals surface area contributed by atoms with Gasteiger partial charge in [-0.15, -0.1) is 11.3 Å². The predicted molar refractivity (Wildman–Crippen MR) is 94.1 cm³/mol. The number of rotatable bonds is 2. The minimum atomic E-state index is -0.869. The lowest BCUT2D eigenvalue weighted by molar-refractivity contribution is -0.144. The molecular weight excluding hydrogens is 340 g/mol. The van der Waals surface area contributed by atoms with Gasteiger partial charge >= 0.3 is 5.97 Å². The van der Waals surface area contributed by atoms with Gasteiger partial charge in [-0.2, -0.15) is 0 Å². The normalized spacial score (nSPS) is 26.0. The molecule has 0 aliphatic carbocycles. The fraction of sp³-hybridized carbons (Fsp3) is 0.667. The van der Waals surface area contributed by atoms with Crippen LogP contribution in [0.25, 0.3) is 0 Å². The zero-order chi connectivity index (χ0) is 17.6. The standard InChI is InChI=1S/C18H24N2O4S/c1-19-7-2-3-13(19)16(21)20-8-5-18(6-9-20)12-11-15(17(22)23)25-14(12)4-10-24-18/h11,13H,2-10H2,1H3,(H,22,23)/t13-/m0/s1. The number of amides is 1. The monoisotopic (exact) mass is 364 g/mol. The highest BCUT2D eigenvalue weighted by atomic mass is 32.1. The number of carbonyl (C=O) groups is 2. The van der Waals surface area contributed by atoms with Crippen LogP contribution < -0.4 is 0 Å². The molecule has 4 rings (SSSR count). The number of carboxylic acids is 1. The fourth-order valence-electron chi connectivity index (χ4n) is 4.46. The van der Waals surface area contributed by atoms with E-state index in [2.05, 4.69) is 4.90 Å². The Morgan fingerprint density at radius 2 is 2.08 bits per heavy atom. The van der Waals surface area contributed by atoms with Crippen LogP contribution in [0.15, 0.2) is 6.07 Å². The maximum absolute atomic E-state index is 12.8. The van der Waals surface area contributed by atoms with Crippen LogP contribution >= 0.6 is 11.3 Å². The van der Waals surface area contributed by atoms with E-state index in [1.54, 1.807) is 6.07 Å². The summed E-state index contributed by atoms with van der Waals surface area (Å²) in [5.74, 6) is -0.631. The lowest BCUT2D eigenvalue weighted by Crippen LogP contribution is -2.52. The summed E-state index contributed by atoms with van der Waals surface area (Å²) in [6.45, 7) is 2.99. The number of aromatic carboxylic acids is 1. The van der Waals surface area contributed by atoms with Crippen LogP contribution in [0, 0.1) is 0 Å². The van der Waals surface area contributed by atoms with E-state index < -0.39 is 11.6 Å². The van der Waals surface area contributed by atoms with Gasteiger partial charge in [0.15, 0.2) is 0 Å². The van der Waals surface area contributed by atoms with Crippen LogP contribution in [0.4, 0.5) is 0 Å². The maximum Gasteiger partial charge on any atom is 0.345 e. The van der Waals surface area contributed by atoms with E-state index in [1.165, 1.54) is 11.3 Å². The van der Waals surface area contributed by atoms with E-state index >= 15 is 0 Å². The van der Waals surface area contributed by atoms with Crippen molar-refractivity contribution in [2.24, 2.45) is 0 Å². The summed E-state index contributed by atoms with van der Waals surface area (Å²) in [6, 6.07) is 1.82. The van der Waals surface area contributed by atoms with Crippen LogP contribution in [0.3, 0.4) is 0 Å². The Labute approximate surface area is 151 Å². The van der Waals surface area contributed by atoms with Gasteiger partial charge in [-0.1, -0.05) is 0 Å². The van der Waals surface area contributed by atoms with Gasteiger partial charge in [-0.3, -0.25) is 9.69 Å². The van der Waals surface area contributed by atoms with Gasteiger partial charge in [0.05, 0.1) is 18.2 Å². The molecule has 3 aliphatic heterocycles. The minimum absolute atomic E-state index is 0.0247. The second kappa shape index (κ2) is 6.37. The van der Waals surface area contributed by atoms with Crippen LogP contribution in [-0.2, 0) is 21.6 Å². The molecule has 0 unspecified atom stereocenters. The number of hydrogen-bond donors (Lipinski definition) is 1. The van der Waals surface area contributed by atoms with Crippen molar-refractivity contribution in [3.8, 4) is 0 Å². The first-order chi connectivity index (χ1) is 12.0. The molecular formula is C18H24N2O4S. The third kappa shape index (κ3) is 2.88. The van der Waals surface area contributed by atoms with Gasteiger partial charge in [0.25, 0.3) is 0 Å². The number of thiophene rings is 1. The molecule has 6 nitrogen and oxygen atoms in total. The van der Waals surface area contributed by atoms with Crippen LogP contribution in [0.1, 0.15) is 45.8 Å². The van der Waals surface area contributed by atoms with Crippen LogP contribution in [0.2, 0.25) is 0 Å². The van der Waals surface area contributed by atoms with Gasteiger partial charge in [0.2, 0.25) is 5.91 Å². The molecule has 0 aromatic carbocycles. The van der Waals surface area contributed by atoms with Crippen molar-refractivity contribution in [1.29, 1.82) is 0 Å². The van der Waals surface area contributed by atoms with Crippen molar-refractivity contribution in [3.63, 3.8) is 0 Å². The number of hydrogen-bond acceptors (Lipinski definition) is 5. The predicted octanol–water partition coefficient (Wildman–Crippen LogP) is 1.93. The second-order valence-corrected chi connectivity index (χ2v) is 8.45. The molecule has 7 heteroatoms. The highest BCUT2D eigenvalue weighted by molar-refractivity contribution is 7.14. The molecule has 4 heterocycles. The van der Waals surface area contributed by atoms with E-state index in [1.807, 2.05) is 11.9 Å². The van der Waals surface area contributed by atoms with Gasteiger partial charge in [-0.05, 0) is 50.9 Å². The quantitative estimate of drug-likeness (QED) is 0.868. The summed E-state index contributed by atoms with van der Waals surface area (Å²) in [5, 5.41) is 9.29. The highest BCUT2D eigenvalue weighted by Gasteiger charge is 2.44. The van der Waals surface area contributed by atoms with Crippen molar-refractivity contribution in [1.82, 2.24) is 9.80 Å². The number of nitrogens with zero attached hydrogens (tertiary/aromatic N) is 2. The summed E-state index contributed by atoms with van der Waals surface area (Å²) >= 11 is 1.37. The zero-order valence-corrected chi connectivity index (χ0v) is 15.3. The topological polar surface area (TPSA) is 70.1 Å². The summed E-state index contributed by atoms with van der Waals surface area (Å²) in [4.78, 5) is 29.8.